The van der Waals surface area contributed by atoms with Crippen molar-refractivity contribution in [3.8, 4) is 0 Å². The van der Waals surface area contributed by atoms with Crippen molar-refractivity contribution in [3.05, 3.63) is 54.1 Å². The number of esters is 2. The standard InChI is InChI=1S/C21H24O4/c1-24-20(22)17-10-6-9-16(19(17)21(23)25-2)18(13-14-11-12-14)15-7-4-3-5-8-15/h3-9,13-14,16-17,19H,10-12H2,1-2H3/b18-13+/t16-,17-,19-/m0/s1. The van der Waals surface area contributed by atoms with Gasteiger partial charge in [0.25, 0.3) is 0 Å². The lowest BCUT2D eigenvalue weighted by molar-refractivity contribution is -0.158. The minimum Gasteiger partial charge on any atom is -0.469 e. The molecule has 1 aromatic carbocycles. The predicted molar refractivity (Wildman–Crippen MR) is 95.4 cm³/mol. The molecule has 0 N–H and O–H groups in total. The van der Waals surface area contributed by atoms with Gasteiger partial charge in [0, 0.05) is 5.92 Å². The molecule has 3 atom stereocenters. The minimum absolute atomic E-state index is 0.187. The Morgan fingerprint density at radius 2 is 1.72 bits per heavy atom. The van der Waals surface area contributed by atoms with Crippen LogP contribution in [-0.2, 0) is 19.1 Å². The molecule has 1 aromatic rings. The Balaban J connectivity index is 2.03. The van der Waals surface area contributed by atoms with Gasteiger partial charge < -0.3 is 9.47 Å². The summed E-state index contributed by atoms with van der Waals surface area (Å²) in [6.07, 6.45) is 9.14. The number of rotatable bonds is 5. The zero-order chi connectivity index (χ0) is 17.8. The van der Waals surface area contributed by atoms with Crippen molar-refractivity contribution in [3.63, 3.8) is 0 Å². The molecule has 0 heterocycles. The Hall–Kier alpha value is -2.36. The van der Waals surface area contributed by atoms with Gasteiger partial charge in [-0.3, -0.25) is 9.59 Å². The quantitative estimate of drug-likeness (QED) is 0.607. The average molecular weight is 340 g/mol. The van der Waals surface area contributed by atoms with E-state index in [-0.39, 0.29) is 17.9 Å². The van der Waals surface area contributed by atoms with Crippen molar-refractivity contribution >= 4 is 17.5 Å². The second kappa shape index (κ2) is 7.68. The third kappa shape index (κ3) is 3.84. The Bertz CT molecular complexity index is 685. The van der Waals surface area contributed by atoms with Gasteiger partial charge in [0.1, 0.15) is 0 Å². The lowest BCUT2D eigenvalue weighted by Crippen LogP contribution is -2.38. The van der Waals surface area contributed by atoms with Crippen LogP contribution in [0.3, 0.4) is 0 Å². The fraction of sp³-hybridized carbons (Fsp3) is 0.429. The van der Waals surface area contributed by atoms with Crippen LogP contribution in [0.4, 0.5) is 0 Å². The second-order valence-corrected chi connectivity index (χ2v) is 6.69. The molecule has 0 spiro atoms. The molecule has 0 saturated heterocycles. The number of hydrogen-bond donors (Lipinski definition) is 0. The molecule has 0 radical (unpaired) electrons. The van der Waals surface area contributed by atoms with E-state index in [0.29, 0.717) is 12.3 Å². The van der Waals surface area contributed by atoms with E-state index < -0.39 is 11.8 Å². The largest absolute Gasteiger partial charge is 0.469 e. The van der Waals surface area contributed by atoms with E-state index in [0.717, 1.165) is 11.1 Å². The molecule has 0 aliphatic heterocycles. The number of carbonyl (C=O) groups excluding carboxylic acids is 2. The number of benzene rings is 1. The molecule has 132 valence electrons. The summed E-state index contributed by atoms with van der Waals surface area (Å²) in [7, 11) is 2.74. The first-order valence-electron chi connectivity index (χ1n) is 8.75. The molecule has 1 saturated carbocycles. The van der Waals surface area contributed by atoms with E-state index >= 15 is 0 Å². The summed E-state index contributed by atoms with van der Waals surface area (Å²) in [5.41, 5.74) is 2.19. The Labute approximate surface area is 148 Å². The lowest BCUT2D eigenvalue weighted by Gasteiger charge is -2.33. The minimum atomic E-state index is -0.562. The smallest absolute Gasteiger partial charge is 0.310 e. The van der Waals surface area contributed by atoms with Gasteiger partial charge in [-0.2, -0.15) is 0 Å². The van der Waals surface area contributed by atoms with Crippen molar-refractivity contribution in [2.45, 2.75) is 19.3 Å². The molecule has 2 aliphatic carbocycles. The summed E-state index contributed by atoms with van der Waals surface area (Å²) in [6.45, 7) is 0. The predicted octanol–water partition coefficient (Wildman–Crippen LogP) is 3.63. The van der Waals surface area contributed by atoms with Crippen molar-refractivity contribution in [2.24, 2.45) is 23.7 Å². The Morgan fingerprint density at radius 1 is 1.04 bits per heavy atom. The highest BCUT2D eigenvalue weighted by Gasteiger charge is 2.43. The number of allylic oxidation sites excluding steroid dienone is 4. The fourth-order valence-corrected chi connectivity index (χ4v) is 3.57. The van der Waals surface area contributed by atoms with Crippen molar-refractivity contribution in [1.29, 1.82) is 0 Å². The molecular weight excluding hydrogens is 316 g/mol. The lowest BCUT2D eigenvalue weighted by atomic mass is 9.71. The Kier molecular flexibility index (Phi) is 5.37. The van der Waals surface area contributed by atoms with Crippen LogP contribution in [0.15, 0.2) is 48.6 Å². The normalized spacial score (nSPS) is 26.2. The molecule has 0 aromatic heterocycles. The number of hydrogen-bond acceptors (Lipinski definition) is 4. The first-order valence-corrected chi connectivity index (χ1v) is 8.75. The molecule has 4 nitrogen and oxygen atoms in total. The van der Waals surface area contributed by atoms with Gasteiger partial charge >= 0.3 is 11.9 Å². The molecule has 3 rings (SSSR count). The van der Waals surface area contributed by atoms with E-state index in [1.54, 1.807) is 0 Å². The summed E-state index contributed by atoms with van der Waals surface area (Å²) in [5.74, 6) is -1.42. The van der Waals surface area contributed by atoms with Gasteiger partial charge in [-0.25, -0.2) is 0 Å². The van der Waals surface area contributed by atoms with Crippen LogP contribution in [0.25, 0.3) is 5.57 Å². The van der Waals surface area contributed by atoms with Gasteiger partial charge in [-0.15, -0.1) is 0 Å². The maximum Gasteiger partial charge on any atom is 0.310 e. The zero-order valence-corrected chi connectivity index (χ0v) is 14.7. The second-order valence-electron chi connectivity index (χ2n) is 6.69. The third-order valence-electron chi connectivity index (χ3n) is 5.03. The van der Waals surface area contributed by atoms with Crippen LogP contribution >= 0.6 is 0 Å². The average Bonchev–Trinajstić information content (AvgIpc) is 3.49. The van der Waals surface area contributed by atoms with Gasteiger partial charge in [0.2, 0.25) is 0 Å². The number of ether oxygens (including phenoxy) is 2. The molecule has 0 amide bonds. The highest BCUT2D eigenvalue weighted by atomic mass is 16.5. The van der Waals surface area contributed by atoms with Crippen LogP contribution in [0.2, 0.25) is 0 Å². The summed E-state index contributed by atoms with van der Waals surface area (Å²) in [4.78, 5) is 24.8. The first-order chi connectivity index (χ1) is 12.2. The van der Waals surface area contributed by atoms with E-state index in [1.807, 2.05) is 30.4 Å². The summed E-state index contributed by atoms with van der Waals surface area (Å²) < 4.78 is 9.99. The van der Waals surface area contributed by atoms with Crippen LogP contribution in [0, 0.1) is 23.7 Å². The van der Waals surface area contributed by atoms with Crippen molar-refractivity contribution < 1.29 is 19.1 Å². The van der Waals surface area contributed by atoms with Gasteiger partial charge in [0.05, 0.1) is 26.1 Å². The van der Waals surface area contributed by atoms with E-state index in [1.165, 1.54) is 27.1 Å². The number of carbonyl (C=O) groups is 2. The van der Waals surface area contributed by atoms with Crippen LogP contribution in [0.5, 0.6) is 0 Å². The molecule has 0 bridgehead atoms. The van der Waals surface area contributed by atoms with Gasteiger partial charge in [0.15, 0.2) is 0 Å². The van der Waals surface area contributed by atoms with Gasteiger partial charge in [-0.1, -0.05) is 48.6 Å². The Morgan fingerprint density at radius 3 is 2.32 bits per heavy atom. The molecule has 2 aliphatic rings. The zero-order valence-electron chi connectivity index (χ0n) is 14.7. The topological polar surface area (TPSA) is 52.6 Å². The van der Waals surface area contributed by atoms with Crippen molar-refractivity contribution in [2.75, 3.05) is 14.2 Å². The molecular formula is C21H24O4. The maximum atomic E-state index is 12.6. The molecule has 25 heavy (non-hydrogen) atoms. The van der Waals surface area contributed by atoms with E-state index in [4.69, 9.17) is 9.47 Å². The molecule has 0 unspecified atom stereocenters. The summed E-state index contributed by atoms with van der Waals surface area (Å²) in [5, 5.41) is 0. The van der Waals surface area contributed by atoms with Crippen LogP contribution in [0.1, 0.15) is 24.8 Å². The molecule has 1 fully saturated rings. The fourth-order valence-electron chi connectivity index (χ4n) is 3.57. The van der Waals surface area contributed by atoms with Gasteiger partial charge in [-0.05, 0) is 36.3 Å². The van der Waals surface area contributed by atoms with Crippen LogP contribution in [-0.4, -0.2) is 26.2 Å². The van der Waals surface area contributed by atoms with E-state index in [2.05, 4.69) is 18.2 Å². The SMILES string of the molecule is COC(=O)[C@@H]1[C@@H](C(=O)OC)CC=C[C@H]1/C(=C/C1CC1)c1ccccc1. The monoisotopic (exact) mass is 340 g/mol. The highest BCUT2D eigenvalue weighted by molar-refractivity contribution is 5.86. The number of methoxy groups -OCH3 is 2. The molecule has 4 heteroatoms. The van der Waals surface area contributed by atoms with E-state index in [9.17, 15) is 9.59 Å². The maximum absolute atomic E-state index is 12.6. The third-order valence-corrected chi connectivity index (χ3v) is 5.03. The summed E-state index contributed by atoms with van der Waals surface area (Å²) >= 11 is 0. The first kappa shape index (κ1) is 17.5. The summed E-state index contributed by atoms with van der Waals surface area (Å²) in [6, 6.07) is 10.1. The van der Waals surface area contributed by atoms with Crippen LogP contribution < -0.4 is 0 Å². The van der Waals surface area contributed by atoms with Crippen molar-refractivity contribution in [1.82, 2.24) is 0 Å². The highest BCUT2D eigenvalue weighted by Crippen LogP contribution is 2.43.